The zero-order valence-corrected chi connectivity index (χ0v) is 14.6. The van der Waals surface area contributed by atoms with Crippen molar-refractivity contribution in [3.8, 4) is 0 Å². The second kappa shape index (κ2) is 6.85. The van der Waals surface area contributed by atoms with Crippen LogP contribution in [0, 0.1) is 5.92 Å². The summed E-state index contributed by atoms with van der Waals surface area (Å²) in [7, 11) is 0. The van der Waals surface area contributed by atoms with E-state index in [4.69, 9.17) is 0 Å². The second-order valence-electron chi connectivity index (χ2n) is 7.64. The monoisotopic (exact) mass is 367 g/mol. The van der Waals surface area contributed by atoms with Crippen molar-refractivity contribution in [1.29, 1.82) is 0 Å². The zero-order valence-electron chi connectivity index (χ0n) is 14.6. The molecule has 1 amide bonds. The summed E-state index contributed by atoms with van der Waals surface area (Å²) in [6.07, 6.45) is -0.821. The van der Waals surface area contributed by atoms with Gasteiger partial charge < -0.3 is 15.5 Å². The normalized spacial score (nSPS) is 26.0. The molecule has 142 valence electrons. The number of halogens is 3. The van der Waals surface area contributed by atoms with Crippen molar-refractivity contribution in [3.63, 3.8) is 0 Å². The van der Waals surface area contributed by atoms with E-state index in [1.807, 2.05) is 12.1 Å². The quantitative estimate of drug-likeness (QED) is 0.860. The van der Waals surface area contributed by atoms with E-state index >= 15 is 0 Å². The predicted molar refractivity (Wildman–Crippen MR) is 93.3 cm³/mol. The van der Waals surface area contributed by atoms with Crippen molar-refractivity contribution < 1.29 is 18.0 Å². The maximum Gasteiger partial charge on any atom is 0.471 e. The maximum atomic E-state index is 12.7. The van der Waals surface area contributed by atoms with E-state index in [-0.39, 0.29) is 6.54 Å². The standard InChI is InChI=1S/C19H24F3N3O/c20-19(21,22)18(26)25-8-5-14-9-13(1-2-17(14)25)15-10-16(15)24-11-12-3-6-23-7-4-12/h1-2,9,12,15-16,23-24H,3-8,10-11H2/t15-,16+/m0/s1. The van der Waals surface area contributed by atoms with Gasteiger partial charge in [-0.15, -0.1) is 0 Å². The summed E-state index contributed by atoms with van der Waals surface area (Å²) in [5.41, 5.74) is 2.44. The summed E-state index contributed by atoms with van der Waals surface area (Å²) in [5.74, 6) is -0.592. The molecule has 4 rings (SSSR count). The zero-order chi connectivity index (χ0) is 18.3. The third-order valence-corrected chi connectivity index (χ3v) is 5.83. The van der Waals surface area contributed by atoms with Crippen LogP contribution in [0.15, 0.2) is 18.2 Å². The molecule has 1 aliphatic carbocycles. The third kappa shape index (κ3) is 3.60. The molecule has 1 saturated heterocycles. The van der Waals surface area contributed by atoms with Crippen LogP contribution in [0.4, 0.5) is 18.9 Å². The average molecular weight is 367 g/mol. The number of rotatable bonds is 4. The van der Waals surface area contributed by atoms with Crippen LogP contribution in [0.1, 0.15) is 36.3 Å². The molecule has 0 bridgehead atoms. The van der Waals surface area contributed by atoms with Gasteiger partial charge in [-0.25, -0.2) is 0 Å². The molecule has 3 aliphatic rings. The number of hydrogen-bond acceptors (Lipinski definition) is 3. The van der Waals surface area contributed by atoms with Gasteiger partial charge in [-0.05, 0) is 68.4 Å². The van der Waals surface area contributed by atoms with Crippen molar-refractivity contribution in [3.05, 3.63) is 29.3 Å². The predicted octanol–water partition coefficient (Wildman–Crippen LogP) is 2.58. The number of fused-ring (bicyclic) bond motifs is 1. The fourth-order valence-corrected chi connectivity index (χ4v) is 4.21. The third-order valence-electron chi connectivity index (χ3n) is 5.83. The van der Waals surface area contributed by atoms with Crippen LogP contribution < -0.4 is 15.5 Å². The number of carbonyl (C=O) groups is 1. The van der Waals surface area contributed by atoms with E-state index in [0.29, 0.717) is 24.1 Å². The summed E-state index contributed by atoms with van der Waals surface area (Å²) < 4.78 is 38.1. The lowest BCUT2D eigenvalue weighted by molar-refractivity contribution is -0.170. The number of anilines is 1. The lowest BCUT2D eigenvalue weighted by Gasteiger charge is -2.23. The topological polar surface area (TPSA) is 44.4 Å². The van der Waals surface area contributed by atoms with Gasteiger partial charge in [0, 0.05) is 24.2 Å². The van der Waals surface area contributed by atoms with Gasteiger partial charge in [0.1, 0.15) is 0 Å². The lowest BCUT2D eigenvalue weighted by Crippen LogP contribution is -2.40. The average Bonchev–Trinajstić information content (AvgIpc) is 3.29. The molecule has 2 fully saturated rings. The Balaban J connectivity index is 1.36. The molecule has 0 unspecified atom stereocenters. The number of amides is 1. The minimum Gasteiger partial charge on any atom is -0.317 e. The Labute approximate surface area is 151 Å². The molecule has 0 aromatic heterocycles. The Bertz CT molecular complexity index is 685. The fourth-order valence-electron chi connectivity index (χ4n) is 4.21. The van der Waals surface area contributed by atoms with Gasteiger partial charge in [0.25, 0.3) is 0 Å². The summed E-state index contributed by atoms with van der Waals surface area (Å²) in [5, 5.41) is 7.02. The van der Waals surface area contributed by atoms with Crippen molar-refractivity contribution in [2.45, 2.75) is 43.8 Å². The number of carbonyl (C=O) groups excluding carboxylic acids is 1. The van der Waals surface area contributed by atoms with Gasteiger partial charge in [0.15, 0.2) is 0 Å². The lowest BCUT2D eigenvalue weighted by atomic mass is 9.98. The Morgan fingerprint density at radius 2 is 2.04 bits per heavy atom. The van der Waals surface area contributed by atoms with Crippen LogP contribution in [0.2, 0.25) is 0 Å². The van der Waals surface area contributed by atoms with E-state index in [2.05, 4.69) is 10.6 Å². The smallest absolute Gasteiger partial charge is 0.317 e. The van der Waals surface area contributed by atoms with Crippen molar-refractivity contribution >= 4 is 11.6 Å². The molecule has 1 saturated carbocycles. The minimum absolute atomic E-state index is 0.110. The molecule has 4 nitrogen and oxygen atoms in total. The first kappa shape index (κ1) is 17.8. The number of nitrogens with one attached hydrogen (secondary N) is 2. The minimum atomic E-state index is -4.82. The highest BCUT2D eigenvalue weighted by atomic mass is 19.4. The van der Waals surface area contributed by atoms with E-state index < -0.39 is 12.1 Å². The first-order valence-electron chi connectivity index (χ1n) is 9.39. The molecule has 2 aliphatic heterocycles. The summed E-state index contributed by atoms with van der Waals surface area (Å²) >= 11 is 0. The van der Waals surface area contributed by atoms with Gasteiger partial charge in [0.2, 0.25) is 0 Å². The van der Waals surface area contributed by atoms with Crippen LogP contribution in [-0.2, 0) is 11.2 Å². The summed E-state index contributed by atoms with van der Waals surface area (Å²) in [4.78, 5) is 12.4. The fraction of sp³-hybridized carbons (Fsp3) is 0.632. The molecule has 7 heteroatoms. The Morgan fingerprint density at radius 1 is 1.27 bits per heavy atom. The molecular weight excluding hydrogens is 343 g/mol. The molecular formula is C19H24F3N3O. The largest absolute Gasteiger partial charge is 0.471 e. The van der Waals surface area contributed by atoms with Crippen molar-refractivity contribution in [1.82, 2.24) is 10.6 Å². The Kier molecular flexibility index (Phi) is 4.69. The summed E-state index contributed by atoms with van der Waals surface area (Å²) in [6, 6.07) is 6.04. The number of benzene rings is 1. The number of alkyl halides is 3. The van der Waals surface area contributed by atoms with Crippen LogP contribution in [-0.4, -0.2) is 44.3 Å². The van der Waals surface area contributed by atoms with E-state index in [0.717, 1.165) is 42.4 Å². The number of hydrogen-bond donors (Lipinski definition) is 2. The van der Waals surface area contributed by atoms with Crippen molar-refractivity contribution in [2.75, 3.05) is 31.1 Å². The van der Waals surface area contributed by atoms with Gasteiger partial charge in [-0.1, -0.05) is 12.1 Å². The molecule has 2 N–H and O–H groups in total. The number of nitrogens with zero attached hydrogens (tertiary/aromatic N) is 1. The molecule has 2 heterocycles. The molecule has 0 radical (unpaired) electrons. The van der Waals surface area contributed by atoms with Gasteiger partial charge >= 0.3 is 12.1 Å². The maximum absolute atomic E-state index is 12.7. The highest BCUT2D eigenvalue weighted by molar-refractivity contribution is 5.99. The van der Waals surface area contributed by atoms with Gasteiger partial charge in [0.05, 0.1) is 0 Å². The SMILES string of the molecule is O=C(N1CCc2cc([C@@H]3C[C@H]3NCC3CCNCC3)ccc21)C(F)(F)F. The van der Waals surface area contributed by atoms with E-state index in [9.17, 15) is 18.0 Å². The van der Waals surface area contributed by atoms with Gasteiger partial charge in [-0.2, -0.15) is 13.2 Å². The number of piperidine rings is 1. The first-order chi connectivity index (χ1) is 12.4. The highest BCUT2D eigenvalue weighted by Gasteiger charge is 2.45. The molecule has 0 spiro atoms. The Morgan fingerprint density at radius 3 is 2.77 bits per heavy atom. The molecule has 26 heavy (non-hydrogen) atoms. The van der Waals surface area contributed by atoms with Crippen LogP contribution in [0.5, 0.6) is 0 Å². The summed E-state index contributed by atoms with van der Waals surface area (Å²) in [6.45, 7) is 3.34. The van der Waals surface area contributed by atoms with E-state index in [1.54, 1.807) is 6.07 Å². The molecule has 1 aromatic carbocycles. The second-order valence-corrected chi connectivity index (χ2v) is 7.64. The molecule has 1 aromatic rings. The van der Waals surface area contributed by atoms with E-state index in [1.165, 1.54) is 18.4 Å². The first-order valence-corrected chi connectivity index (χ1v) is 9.39. The van der Waals surface area contributed by atoms with Crippen molar-refractivity contribution in [2.24, 2.45) is 5.92 Å². The Hall–Kier alpha value is -1.60. The van der Waals surface area contributed by atoms with Gasteiger partial charge in [-0.3, -0.25) is 4.79 Å². The molecule has 2 atom stereocenters. The van der Waals surface area contributed by atoms with Crippen LogP contribution >= 0.6 is 0 Å². The van der Waals surface area contributed by atoms with Crippen LogP contribution in [0.25, 0.3) is 0 Å². The van der Waals surface area contributed by atoms with Crippen LogP contribution in [0.3, 0.4) is 0 Å². The highest BCUT2D eigenvalue weighted by Crippen LogP contribution is 2.43.